The van der Waals surface area contributed by atoms with Crippen molar-refractivity contribution in [1.29, 1.82) is 5.26 Å². The van der Waals surface area contributed by atoms with Gasteiger partial charge in [-0.25, -0.2) is 4.85 Å². The summed E-state index contributed by atoms with van der Waals surface area (Å²) in [4.78, 5) is 8.02. The molecule has 0 spiro atoms. The van der Waals surface area contributed by atoms with Crippen LogP contribution in [-0.4, -0.2) is 5.71 Å². The van der Waals surface area contributed by atoms with Gasteiger partial charge in [0.15, 0.2) is 5.70 Å². The predicted molar refractivity (Wildman–Crippen MR) is 76.4 cm³/mol. The number of benzene rings is 1. The standard InChI is InChI=1S/C15H12ClN3/c1-9-12(8-17)10(2)19-15(14(9)18-3)11-6-4-5-7-13(11)16/h4-7,9,12H,1-2H3/t9-,12?/m1/s1. The number of aliphatic imine (C=N–C) groups is 1. The zero-order valence-corrected chi connectivity index (χ0v) is 11.4. The van der Waals surface area contributed by atoms with Crippen molar-refractivity contribution >= 4 is 23.0 Å². The van der Waals surface area contributed by atoms with Gasteiger partial charge in [0.05, 0.1) is 24.3 Å². The van der Waals surface area contributed by atoms with E-state index in [0.29, 0.717) is 16.4 Å². The van der Waals surface area contributed by atoms with Crippen LogP contribution in [0.4, 0.5) is 0 Å². The monoisotopic (exact) mass is 269 g/mol. The first kappa shape index (κ1) is 13.3. The molecule has 1 aromatic rings. The average Bonchev–Trinajstić information content (AvgIpc) is 2.39. The molecular weight excluding hydrogens is 258 g/mol. The summed E-state index contributed by atoms with van der Waals surface area (Å²) in [5, 5.41) is 9.74. The van der Waals surface area contributed by atoms with Crippen LogP contribution < -0.4 is 0 Å². The summed E-state index contributed by atoms with van der Waals surface area (Å²) in [7, 11) is 0. The lowest BCUT2D eigenvalue weighted by atomic mass is 9.84. The van der Waals surface area contributed by atoms with Crippen LogP contribution in [0, 0.1) is 29.7 Å². The van der Waals surface area contributed by atoms with Crippen molar-refractivity contribution in [2.75, 3.05) is 0 Å². The number of nitriles is 1. The fourth-order valence-electron chi connectivity index (χ4n) is 2.25. The number of allylic oxidation sites excluding steroid dienone is 1. The Morgan fingerprint density at radius 1 is 1.42 bits per heavy atom. The summed E-state index contributed by atoms with van der Waals surface area (Å²) < 4.78 is 0. The first-order chi connectivity index (χ1) is 9.10. The van der Waals surface area contributed by atoms with Gasteiger partial charge in [-0.15, -0.1) is 0 Å². The Kier molecular flexibility index (Phi) is 3.69. The molecule has 1 aliphatic heterocycles. The maximum absolute atomic E-state index is 9.17. The Bertz CT molecular complexity index is 659. The maximum atomic E-state index is 9.17. The van der Waals surface area contributed by atoms with Crippen molar-refractivity contribution in [3.63, 3.8) is 0 Å². The molecule has 0 saturated heterocycles. The fourth-order valence-corrected chi connectivity index (χ4v) is 2.48. The third kappa shape index (κ3) is 2.26. The molecule has 3 nitrogen and oxygen atoms in total. The highest BCUT2D eigenvalue weighted by molar-refractivity contribution is 6.32. The SMILES string of the molecule is [C-]#[N+]C1=C(c2ccccc2Cl)N=C(C)C(C#N)[C@H]1C. The molecule has 1 aliphatic rings. The lowest BCUT2D eigenvalue weighted by molar-refractivity contribution is 0.618. The Balaban J connectivity index is 2.66. The lowest BCUT2D eigenvalue weighted by Crippen LogP contribution is -2.23. The Hall–Kier alpha value is -2.10. The van der Waals surface area contributed by atoms with Gasteiger partial charge >= 0.3 is 0 Å². The quantitative estimate of drug-likeness (QED) is 0.705. The largest absolute Gasteiger partial charge is 0.268 e. The van der Waals surface area contributed by atoms with Gasteiger partial charge in [0, 0.05) is 22.2 Å². The molecule has 0 amide bonds. The molecule has 0 fully saturated rings. The van der Waals surface area contributed by atoms with Crippen molar-refractivity contribution in [1.82, 2.24) is 0 Å². The first-order valence-corrected chi connectivity index (χ1v) is 6.29. The third-order valence-electron chi connectivity index (χ3n) is 3.30. The summed E-state index contributed by atoms with van der Waals surface area (Å²) in [6.07, 6.45) is 0. The highest BCUT2D eigenvalue weighted by Crippen LogP contribution is 2.37. The minimum absolute atomic E-state index is 0.161. The van der Waals surface area contributed by atoms with E-state index < -0.39 is 0 Å². The van der Waals surface area contributed by atoms with Gasteiger partial charge in [-0.1, -0.05) is 36.7 Å². The maximum Gasteiger partial charge on any atom is 0.195 e. The number of halogens is 1. The van der Waals surface area contributed by atoms with E-state index in [2.05, 4.69) is 15.9 Å². The zero-order valence-electron chi connectivity index (χ0n) is 10.7. The second-order valence-electron chi connectivity index (χ2n) is 4.47. The van der Waals surface area contributed by atoms with Crippen molar-refractivity contribution in [3.05, 3.63) is 52.0 Å². The van der Waals surface area contributed by atoms with Crippen LogP contribution >= 0.6 is 11.6 Å². The summed E-state index contributed by atoms with van der Waals surface area (Å²) in [6.45, 7) is 11.1. The van der Waals surface area contributed by atoms with Crippen molar-refractivity contribution < 1.29 is 0 Å². The molecule has 0 N–H and O–H groups in total. The van der Waals surface area contributed by atoms with Gasteiger partial charge in [-0.05, 0) is 13.0 Å². The van der Waals surface area contributed by atoms with Crippen molar-refractivity contribution in [3.8, 4) is 6.07 Å². The molecule has 4 heteroatoms. The molecule has 1 heterocycles. The molecule has 2 atom stereocenters. The minimum Gasteiger partial charge on any atom is -0.268 e. The van der Waals surface area contributed by atoms with Gasteiger partial charge in [0.1, 0.15) is 0 Å². The number of rotatable bonds is 1. The molecule has 0 aliphatic carbocycles. The van der Waals surface area contributed by atoms with E-state index in [1.165, 1.54) is 0 Å². The second kappa shape index (κ2) is 5.26. The first-order valence-electron chi connectivity index (χ1n) is 5.91. The van der Waals surface area contributed by atoms with Gasteiger partial charge in [-0.3, -0.25) is 4.99 Å². The van der Waals surface area contributed by atoms with Crippen LogP contribution in [0.25, 0.3) is 10.5 Å². The van der Waals surface area contributed by atoms with Crippen LogP contribution in [0.15, 0.2) is 35.0 Å². The normalized spacial score (nSPS) is 22.5. The molecule has 2 rings (SSSR count). The Morgan fingerprint density at radius 2 is 2.11 bits per heavy atom. The Labute approximate surface area is 117 Å². The topological polar surface area (TPSA) is 40.5 Å². The summed E-state index contributed by atoms with van der Waals surface area (Å²) >= 11 is 6.17. The van der Waals surface area contributed by atoms with Gasteiger partial charge in [0.25, 0.3) is 0 Å². The predicted octanol–water partition coefficient (Wildman–Crippen LogP) is 4.18. The molecule has 0 bridgehead atoms. The lowest BCUT2D eigenvalue weighted by Gasteiger charge is -2.24. The molecule has 0 saturated carbocycles. The van der Waals surface area contributed by atoms with E-state index in [4.69, 9.17) is 18.2 Å². The molecule has 1 aromatic carbocycles. The highest BCUT2D eigenvalue weighted by Gasteiger charge is 2.31. The number of hydrogen-bond donors (Lipinski definition) is 0. The number of hydrogen-bond acceptors (Lipinski definition) is 2. The average molecular weight is 270 g/mol. The minimum atomic E-state index is -0.338. The third-order valence-corrected chi connectivity index (χ3v) is 3.63. The van der Waals surface area contributed by atoms with E-state index in [-0.39, 0.29) is 11.8 Å². The van der Waals surface area contributed by atoms with Crippen LogP contribution in [0.5, 0.6) is 0 Å². The van der Waals surface area contributed by atoms with E-state index in [0.717, 1.165) is 11.3 Å². The van der Waals surface area contributed by atoms with Crippen LogP contribution in [-0.2, 0) is 0 Å². The summed E-state index contributed by atoms with van der Waals surface area (Å²) in [5.41, 5.74) is 2.58. The van der Waals surface area contributed by atoms with Gasteiger partial charge in [0.2, 0.25) is 0 Å². The summed E-state index contributed by atoms with van der Waals surface area (Å²) in [5.74, 6) is -0.499. The van der Waals surface area contributed by atoms with Crippen LogP contribution in [0.2, 0.25) is 5.02 Å². The van der Waals surface area contributed by atoms with E-state index in [1.807, 2.05) is 32.0 Å². The van der Waals surface area contributed by atoms with E-state index >= 15 is 0 Å². The molecule has 0 aromatic heterocycles. The molecular formula is C15H12ClN3. The second-order valence-corrected chi connectivity index (χ2v) is 4.88. The Morgan fingerprint density at radius 3 is 2.68 bits per heavy atom. The molecule has 94 valence electrons. The van der Waals surface area contributed by atoms with Gasteiger partial charge < -0.3 is 0 Å². The van der Waals surface area contributed by atoms with Crippen LogP contribution in [0.1, 0.15) is 19.4 Å². The zero-order chi connectivity index (χ0) is 14.0. The van der Waals surface area contributed by atoms with Crippen LogP contribution in [0.3, 0.4) is 0 Å². The molecule has 0 radical (unpaired) electrons. The fraction of sp³-hybridized carbons (Fsp3) is 0.267. The molecule has 19 heavy (non-hydrogen) atoms. The van der Waals surface area contributed by atoms with Crippen molar-refractivity contribution in [2.24, 2.45) is 16.8 Å². The van der Waals surface area contributed by atoms with Crippen molar-refractivity contribution in [2.45, 2.75) is 13.8 Å². The van der Waals surface area contributed by atoms with E-state index in [1.54, 1.807) is 6.07 Å². The summed E-state index contributed by atoms with van der Waals surface area (Å²) in [6, 6.07) is 9.54. The number of nitrogens with zero attached hydrogens (tertiary/aromatic N) is 3. The molecule has 1 unspecified atom stereocenters. The van der Waals surface area contributed by atoms with E-state index in [9.17, 15) is 5.26 Å². The smallest absolute Gasteiger partial charge is 0.195 e. The van der Waals surface area contributed by atoms with Gasteiger partial charge in [-0.2, -0.15) is 5.26 Å². The highest BCUT2D eigenvalue weighted by atomic mass is 35.5.